The quantitative estimate of drug-likeness (QED) is 0.559. The van der Waals surface area contributed by atoms with E-state index >= 15 is 0 Å². The molecule has 0 spiro atoms. The Morgan fingerprint density at radius 2 is 1.84 bits per heavy atom. The Hall–Kier alpha value is -4.19. The minimum atomic E-state index is -0.958. The highest BCUT2D eigenvalue weighted by atomic mass is 16.2. The highest BCUT2D eigenvalue weighted by molar-refractivity contribution is 6.14. The molecule has 31 heavy (non-hydrogen) atoms. The van der Waals surface area contributed by atoms with Crippen LogP contribution in [0.5, 0.6) is 0 Å². The number of ketones is 1. The Balaban J connectivity index is 1.48. The molecule has 1 aromatic heterocycles. The molecule has 2 heterocycles. The van der Waals surface area contributed by atoms with Crippen molar-refractivity contribution in [1.29, 1.82) is 0 Å². The van der Waals surface area contributed by atoms with Crippen molar-refractivity contribution in [3.05, 3.63) is 96.3 Å². The number of hydrogen-bond acceptors (Lipinski definition) is 5. The summed E-state index contributed by atoms with van der Waals surface area (Å²) in [7, 11) is 0. The van der Waals surface area contributed by atoms with Crippen molar-refractivity contribution in [2.24, 2.45) is 5.92 Å². The molecule has 152 valence electrons. The van der Waals surface area contributed by atoms with Crippen LogP contribution in [0.25, 0.3) is 11.1 Å². The molecule has 1 aliphatic heterocycles. The smallest absolute Gasteiger partial charge is 0.241 e. The van der Waals surface area contributed by atoms with Crippen LogP contribution in [0.1, 0.15) is 5.56 Å². The molecule has 0 radical (unpaired) electrons. The predicted molar refractivity (Wildman–Crippen MR) is 121 cm³/mol. The molecule has 2 aliphatic rings. The van der Waals surface area contributed by atoms with Crippen LogP contribution in [0.2, 0.25) is 0 Å². The third kappa shape index (κ3) is 3.59. The monoisotopic (exact) mass is 408 g/mol. The number of pyridine rings is 1. The Labute approximate surface area is 179 Å². The Morgan fingerprint density at radius 1 is 1.03 bits per heavy atom. The van der Waals surface area contributed by atoms with E-state index in [2.05, 4.69) is 33.1 Å². The molecule has 1 unspecified atom stereocenters. The van der Waals surface area contributed by atoms with Gasteiger partial charge in [0.05, 0.1) is 5.69 Å². The topological polar surface area (TPSA) is 83.1 Å². The molecular formula is C25H20N4O2. The minimum absolute atomic E-state index is 0.264. The molecule has 5 rings (SSSR count). The lowest BCUT2D eigenvalue weighted by molar-refractivity contribution is -0.126. The molecule has 0 saturated carbocycles. The summed E-state index contributed by atoms with van der Waals surface area (Å²) in [6, 6.07) is 19.1. The third-order valence-electron chi connectivity index (χ3n) is 5.40. The van der Waals surface area contributed by atoms with Crippen LogP contribution in [0.15, 0.2) is 90.8 Å². The molecule has 1 aliphatic carbocycles. The molecule has 0 fully saturated rings. The molecule has 1 atom stereocenters. The number of nitrogens with zero attached hydrogens (tertiary/aromatic N) is 1. The van der Waals surface area contributed by atoms with E-state index in [0.717, 1.165) is 28.2 Å². The molecule has 0 saturated heterocycles. The van der Waals surface area contributed by atoms with Crippen molar-refractivity contribution in [1.82, 2.24) is 4.98 Å². The molecule has 3 aromatic rings. The highest BCUT2D eigenvalue weighted by Crippen LogP contribution is 2.40. The Bertz CT molecular complexity index is 1230. The van der Waals surface area contributed by atoms with E-state index in [-0.39, 0.29) is 11.7 Å². The molecule has 2 aromatic carbocycles. The first-order valence-corrected chi connectivity index (χ1v) is 10.1. The van der Waals surface area contributed by atoms with Gasteiger partial charge in [0.25, 0.3) is 0 Å². The Kier molecular flexibility index (Phi) is 4.80. The van der Waals surface area contributed by atoms with Gasteiger partial charge in [-0.25, -0.2) is 4.98 Å². The van der Waals surface area contributed by atoms with Gasteiger partial charge in [-0.1, -0.05) is 48.5 Å². The number of para-hydroxylation sites is 1. The van der Waals surface area contributed by atoms with E-state index in [9.17, 15) is 9.59 Å². The summed E-state index contributed by atoms with van der Waals surface area (Å²) in [5.41, 5.74) is 5.13. The number of aromatic nitrogens is 1. The zero-order chi connectivity index (χ0) is 21.2. The molecule has 1 amide bonds. The third-order valence-corrected chi connectivity index (χ3v) is 5.40. The molecule has 0 bridgehead atoms. The Morgan fingerprint density at radius 3 is 2.71 bits per heavy atom. The highest BCUT2D eigenvalue weighted by Gasteiger charge is 2.32. The van der Waals surface area contributed by atoms with Crippen LogP contribution in [-0.4, -0.2) is 16.7 Å². The average Bonchev–Trinajstić information content (AvgIpc) is 2.79. The summed E-state index contributed by atoms with van der Waals surface area (Å²) in [6.45, 7) is 0.700. The van der Waals surface area contributed by atoms with Crippen molar-refractivity contribution < 1.29 is 9.59 Å². The number of benzene rings is 2. The number of anilines is 3. The molecule has 6 heteroatoms. The van der Waals surface area contributed by atoms with Crippen LogP contribution in [0.3, 0.4) is 0 Å². The van der Waals surface area contributed by atoms with Crippen molar-refractivity contribution in [2.45, 2.75) is 6.54 Å². The van der Waals surface area contributed by atoms with Crippen molar-refractivity contribution in [2.75, 3.05) is 16.0 Å². The average molecular weight is 408 g/mol. The number of hydrogen-bond donors (Lipinski definition) is 3. The van der Waals surface area contributed by atoms with Gasteiger partial charge in [0.15, 0.2) is 5.78 Å². The lowest BCUT2D eigenvalue weighted by atomic mass is 9.92. The first kappa shape index (κ1) is 18.8. The number of fused-ring (bicyclic) bond motifs is 3. The van der Waals surface area contributed by atoms with Gasteiger partial charge in [-0.2, -0.15) is 0 Å². The zero-order valence-electron chi connectivity index (χ0n) is 16.6. The first-order chi connectivity index (χ1) is 15.2. The molecular weight excluding hydrogens is 388 g/mol. The van der Waals surface area contributed by atoms with Crippen LogP contribution in [0, 0.1) is 5.92 Å². The van der Waals surface area contributed by atoms with E-state index < -0.39 is 5.92 Å². The van der Waals surface area contributed by atoms with E-state index in [4.69, 9.17) is 0 Å². The standard InChI is InChI=1S/C25H20N4O2/c30-21-12-6-11-19(23(21)25(31)28-17-8-2-1-3-9-17)29-20-13-14-26-24-22(20)18-10-5-4-7-16(18)15-27-24/h1-14,23H,15H2,(H,28,31)(H2,26,27,29). The zero-order valence-corrected chi connectivity index (χ0v) is 16.6. The summed E-state index contributed by atoms with van der Waals surface area (Å²) in [4.78, 5) is 30.1. The fraction of sp³-hybridized carbons (Fsp3) is 0.0800. The fourth-order valence-corrected chi connectivity index (χ4v) is 3.94. The second-order valence-corrected chi connectivity index (χ2v) is 7.39. The van der Waals surface area contributed by atoms with Crippen molar-refractivity contribution >= 4 is 28.9 Å². The van der Waals surface area contributed by atoms with Gasteiger partial charge in [-0.3, -0.25) is 9.59 Å². The fourth-order valence-electron chi connectivity index (χ4n) is 3.94. The molecule has 6 nitrogen and oxygen atoms in total. The molecule has 3 N–H and O–H groups in total. The first-order valence-electron chi connectivity index (χ1n) is 10.1. The number of rotatable bonds is 4. The number of nitrogens with one attached hydrogen (secondary N) is 3. The SMILES string of the molecule is O=C1C=CC=C(Nc2ccnc3c2-c2ccccc2CN3)C1C(=O)Nc1ccccc1. The van der Waals surface area contributed by atoms with Gasteiger partial charge < -0.3 is 16.0 Å². The maximum Gasteiger partial charge on any atom is 0.241 e. The lowest BCUT2D eigenvalue weighted by Crippen LogP contribution is -2.34. The second kappa shape index (κ2) is 7.91. The van der Waals surface area contributed by atoms with Crippen molar-refractivity contribution in [3.8, 4) is 11.1 Å². The second-order valence-electron chi connectivity index (χ2n) is 7.39. The van der Waals surface area contributed by atoms with E-state index in [1.807, 2.05) is 36.4 Å². The summed E-state index contributed by atoms with van der Waals surface area (Å²) < 4.78 is 0. The van der Waals surface area contributed by atoms with Crippen molar-refractivity contribution in [3.63, 3.8) is 0 Å². The van der Waals surface area contributed by atoms with Gasteiger partial charge in [-0.05, 0) is 41.5 Å². The number of allylic oxidation sites excluding steroid dienone is 3. The predicted octanol–water partition coefficient (Wildman–Crippen LogP) is 4.36. The van der Waals surface area contributed by atoms with Gasteiger partial charge in [0, 0.05) is 29.7 Å². The summed E-state index contributed by atoms with van der Waals surface area (Å²) in [6.07, 6.45) is 6.57. The number of carbonyl (C=O) groups excluding carboxylic acids is 2. The van der Waals surface area contributed by atoms with E-state index in [1.165, 1.54) is 6.08 Å². The van der Waals surface area contributed by atoms with Gasteiger partial charge in [0.1, 0.15) is 11.7 Å². The van der Waals surface area contributed by atoms with Crippen LogP contribution < -0.4 is 16.0 Å². The number of amides is 1. The van der Waals surface area contributed by atoms with Gasteiger partial charge in [-0.15, -0.1) is 0 Å². The minimum Gasteiger partial charge on any atom is -0.365 e. The van der Waals surface area contributed by atoms with E-state index in [0.29, 0.717) is 17.9 Å². The lowest BCUT2D eigenvalue weighted by Gasteiger charge is -2.26. The number of carbonyl (C=O) groups is 2. The van der Waals surface area contributed by atoms with Crippen LogP contribution >= 0.6 is 0 Å². The van der Waals surface area contributed by atoms with Gasteiger partial charge >= 0.3 is 0 Å². The maximum absolute atomic E-state index is 13.0. The maximum atomic E-state index is 13.0. The normalized spacial score (nSPS) is 16.5. The summed E-state index contributed by atoms with van der Waals surface area (Å²) in [5.74, 6) is -0.825. The van der Waals surface area contributed by atoms with Crippen LogP contribution in [0.4, 0.5) is 17.2 Å². The van der Waals surface area contributed by atoms with E-state index in [1.54, 1.807) is 30.5 Å². The largest absolute Gasteiger partial charge is 0.365 e. The van der Waals surface area contributed by atoms with Crippen LogP contribution in [-0.2, 0) is 16.1 Å². The summed E-state index contributed by atoms with van der Waals surface area (Å²) in [5, 5.41) is 9.52. The summed E-state index contributed by atoms with van der Waals surface area (Å²) >= 11 is 0. The van der Waals surface area contributed by atoms with Gasteiger partial charge in [0.2, 0.25) is 5.91 Å².